The highest BCUT2D eigenvalue weighted by Crippen LogP contribution is 2.28. The summed E-state index contributed by atoms with van der Waals surface area (Å²) in [5, 5.41) is 18.3. The number of rotatable bonds is 6. The van der Waals surface area contributed by atoms with Crippen molar-refractivity contribution in [3.8, 4) is 11.5 Å². The average Bonchev–Trinajstić information content (AvgIpc) is 2.86. The molecular weight excluding hydrogens is 258 g/mol. The van der Waals surface area contributed by atoms with Gasteiger partial charge < -0.3 is 14.9 Å². The van der Waals surface area contributed by atoms with E-state index in [2.05, 4.69) is 4.90 Å². The van der Waals surface area contributed by atoms with Crippen LogP contribution in [-0.4, -0.2) is 41.3 Å². The molecule has 1 saturated heterocycles. The van der Waals surface area contributed by atoms with Crippen molar-refractivity contribution in [2.45, 2.75) is 25.8 Å². The van der Waals surface area contributed by atoms with E-state index in [9.17, 15) is 9.90 Å². The number of aliphatic carboxylic acids is 1. The number of likely N-dealkylation sites (tertiary alicyclic amines) is 1. The van der Waals surface area contributed by atoms with Gasteiger partial charge in [0.05, 0.1) is 7.11 Å². The molecule has 1 aromatic rings. The van der Waals surface area contributed by atoms with Gasteiger partial charge in [-0.15, -0.1) is 0 Å². The maximum atomic E-state index is 10.6. The molecular formula is C15H21NO4. The quantitative estimate of drug-likeness (QED) is 0.834. The van der Waals surface area contributed by atoms with E-state index in [4.69, 9.17) is 9.84 Å². The van der Waals surface area contributed by atoms with Crippen molar-refractivity contribution in [2.75, 3.05) is 20.2 Å². The van der Waals surface area contributed by atoms with E-state index in [-0.39, 0.29) is 12.2 Å². The molecule has 1 fully saturated rings. The molecule has 0 aromatic heterocycles. The molecule has 1 aliphatic rings. The SMILES string of the molecule is COc1cc(CN2CCC(CCC(=O)O)C2)ccc1O. The van der Waals surface area contributed by atoms with Crippen molar-refractivity contribution in [1.29, 1.82) is 0 Å². The smallest absolute Gasteiger partial charge is 0.303 e. The maximum absolute atomic E-state index is 10.6. The van der Waals surface area contributed by atoms with E-state index in [1.165, 1.54) is 7.11 Å². The molecule has 0 bridgehead atoms. The first-order valence-electron chi connectivity index (χ1n) is 6.88. The van der Waals surface area contributed by atoms with Gasteiger partial charge in [0.2, 0.25) is 0 Å². The van der Waals surface area contributed by atoms with Crippen molar-refractivity contribution in [3.63, 3.8) is 0 Å². The molecule has 2 N–H and O–H groups in total. The van der Waals surface area contributed by atoms with Gasteiger partial charge in [-0.2, -0.15) is 0 Å². The van der Waals surface area contributed by atoms with Crippen LogP contribution in [0.15, 0.2) is 18.2 Å². The second-order valence-electron chi connectivity index (χ2n) is 5.33. The van der Waals surface area contributed by atoms with Crippen LogP contribution >= 0.6 is 0 Å². The number of aromatic hydroxyl groups is 1. The number of ether oxygens (including phenoxy) is 1. The van der Waals surface area contributed by atoms with Crippen LogP contribution in [0.5, 0.6) is 11.5 Å². The zero-order valence-electron chi connectivity index (χ0n) is 11.7. The predicted molar refractivity (Wildman–Crippen MR) is 74.9 cm³/mol. The predicted octanol–water partition coefficient (Wildman–Crippen LogP) is 2.09. The summed E-state index contributed by atoms with van der Waals surface area (Å²) in [5.41, 5.74) is 1.10. The molecule has 0 saturated carbocycles. The fraction of sp³-hybridized carbons (Fsp3) is 0.533. The Morgan fingerprint density at radius 2 is 2.30 bits per heavy atom. The molecule has 5 nitrogen and oxygen atoms in total. The number of carboxylic acids is 1. The van der Waals surface area contributed by atoms with Crippen LogP contribution in [0.25, 0.3) is 0 Å². The third kappa shape index (κ3) is 3.87. The topological polar surface area (TPSA) is 70.0 Å². The Morgan fingerprint density at radius 1 is 1.50 bits per heavy atom. The van der Waals surface area contributed by atoms with Gasteiger partial charge in [0.15, 0.2) is 11.5 Å². The van der Waals surface area contributed by atoms with Crippen molar-refractivity contribution >= 4 is 5.97 Å². The van der Waals surface area contributed by atoms with Crippen molar-refractivity contribution in [1.82, 2.24) is 4.90 Å². The van der Waals surface area contributed by atoms with E-state index < -0.39 is 5.97 Å². The van der Waals surface area contributed by atoms with Gasteiger partial charge in [-0.05, 0) is 43.0 Å². The van der Waals surface area contributed by atoms with Gasteiger partial charge >= 0.3 is 5.97 Å². The van der Waals surface area contributed by atoms with Crippen LogP contribution in [0.4, 0.5) is 0 Å². The van der Waals surface area contributed by atoms with Gasteiger partial charge in [0, 0.05) is 19.5 Å². The molecule has 5 heteroatoms. The van der Waals surface area contributed by atoms with Crippen molar-refractivity contribution in [3.05, 3.63) is 23.8 Å². The third-order valence-corrected chi connectivity index (χ3v) is 3.79. The molecule has 0 radical (unpaired) electrons. The molecule has 20 heavy (non-hydrogen) atoms. The molecule has 1 heterocycles. The number of phenolic OH excluding ortho intramolecular Hbond substituents is 1. The number of hydrogen-bond donors (Lipinski definition) is 2. The molecule has 110 valence electrons. The van der Waals surface area contributed by atoms with Gasteiger partial charge in [-0.3, -0.25) is 9.69 Å². The van der Waals surface area contributed by atoms with Crippen LogP contribution in [0.3, 0.4) is 0 Å². The van der Waals surface area contributed by atoms with Crippen molar-refractivity contribution < 1.29 is 19.7 Å². The number of benzene rings is 1. The van der Waals surface area contributed by atoms with E-state index in [1.54, 1.807) is 6.07 Å². The summed E-state index contributed by atoms with van der Waals surface area (Å²) >= 11 is 0. The Morgan fingerprint density at radius 3 is 3.00 bits per heavy atom. The normalized spacial score (nSPS) is 19.1. The number of carboxylic acid groups (broad SMARTS) is 1. The standard InChI is InChI=1S/C15H21NO4/c1-20-14-8-12(2-4-13(14)17)10-16-7-6-11(9-16)3-5-15(18)19/h2,4,8,11,17H,3,5-7,9-10H2,1H3,(H,18,19). The lowest BCUT2D eigenvalue weighted by atomic mass is 10.0. The van der Waals surface area contributed by atoms with Gasteiger partial charge in [0.25, 0.3) is 0 Å². The molecule has 0 aliphatic carbocycles. The van der Waals surface area contributed by atoms with Crippen LogP contribution in [0, 0.1) is 5.92 Å². The average molecular weight is 279 g/mol. The highest BCUT2D eigenvalue weighted by atomic mass is 16.5. The minimum absolute atomic E-state index is 0.150. The minimum Gasteiger partial charge on any atom is -0.504 e. The monoisotopic (exact) mass is 279 g/mol. The van der Waals surface area contributed by atoms with Crippen LogP contribution in [0.1, 0.15) is 24.8 Å². The summed E-state index contributed by atoms with van der Waals surface area (Å²) in [4.78, 5) is 12.9. The highest BCUT2D eigenvalue weighted by molar-refractivity contribution is 5.66. The summed E-state index contributed by atoms with van der Waals surface area (Å²) in [7, 11) is 1.54. The molecule has 1 unspecified atom stereocenters. The number of nitrogens with zero attached hydrogens (tertiary/aromatic N) is 1. The Kier molecular flexibility index (Phi) is 4.84. The summed E-state index contributed by atoms with van der Waals surface area (Å²) in [6, 6.07) is 5.38. The maximum Gasteiger partial charge on any atom is 0.303 e. The zero-order valence-corrected chi connectivity index (χ0v) is 11.7. The summed E-state index contributed by atoms with van der Waals surface area (Å²) in [6.45, 7) is 2.74. The molecule has 0 amide bonds. The van der Waals surface area contributed by atoms with Crippen LogP contribution in [-0.2, 0) is 11.3 Å². The Labute approximate surface area is 118 Å². The summed E-state index contributed by atoms with van der Waals surface area (Å²) in [5.74, 6) is 0.401. The van der Waals surface area contributed by atoms with E-state index >= 15 is 0 Å². The second-order valence-corrected chi connectivity index (χ2v) is 5.33. The minimum atomic E-state index is -0.716. The number of methoxy groups -OCH3 is 1. The lowest BCUT2D eigenvalue weighted by molar-refractivity contribution is -0.137. The molecule has 1 atom stereocenters. The Bertz CT molecular complexity index is 475. The van der Waals surface area contributed by atoms with Gasteiger partial charge in [-0.25, -0.2) is 0 Å². The third-order valence-electron chi connectivity index (χ3n) is 3.79. The summed E-state index contributed by atoms with van der Waals surface area (Å²) < 4.78 is 5.10. The van der Waals surface area contributed by atoms with E-state index in [0.717, 1.165) is 38.0 Å². The second kappa shape index (κ2) is 6.61. The Balaban J connectivity index is 1.87. The van der Waals surface area contributed by atoms with Crippen molar-refractivity contribution in [2.24, 2.45) is 5.92 Å². The van der Waals surface area contributed by atoms with Crippen LogP contribution < -0.4 is 4.74 Å². The van der Waals surface area contributed by atoms with E-state index in [0.29, 0.717) is 11.7 Å². The largest absolute Gasteiger partial charge is 0.504 e. The van der Waals surface area contributed by atoms with Gasteiger partial charge in [-0.1, -0.05) is 6.07 Å². The first-order chi connectivity index (χ1) is 9.58. The molecule has 1 aliphatic heterocycles. The van der Waals surface area contributed by atoms with Gasteiger partial charge in [0.1, 0.15) is 0 Å². The lowest BCUT2D eigenvalue weighted by Gasteiger charge is -2.16. The lowest BCUT2D eigenvalue weighted by Crippen LogP contribution is -2.20. The van der Waals surface area contributed by atoms with Crippen LogP contribution in [0.2, 0.25) is 0 Å². The number of hydrogen-bond acceptors (Lipinski definition) is 4. The highest BCUT2D eigenvalue weighted by Gasteiger charge is 2.23. The van der Waals surface area contributed by atoms with E-state index in [1.807, 2.05) is 12.1 Å². The number of carbonyl (C=O) groups is 1. The molecule has 2 rings (SSSR count). The summed E-state index contributed by atoms with van der Waals surface area (Å²) in [6.07, 6.45) is 2.07. The fourth-order valence-electron chi connectivity index (χ4n) is 2.70. The number of phenols is 1. The Hall–Kier alpha value is -1.75. The molecule has 1 aromatic carbocycles. The first kappa shape index (κ1) is 14.7. The molecule has 0 spiro atoms. The zero-order chi connectivity index (χ0) is 14.5. The fourth-order valence-corrected chi connectivity index (χ4v) is 2.70. The first-order valence-corrected chi connectivity index (χ1v) is 6.88.